The van der Waals surface area contributed by atoms with E-state index in [0.29, 0.717) is 12.5 Å². The molecule has 166 valence electrons. The Labute approximate surface area is 179 Å². The smallest absolute Gasteiger partial charge is 0.225 e. The minimum atomic E-state index is -0.230. The average Bonchev–Trinajstić information content (AvgIpc) is 3.40. The Hall–Kier alpha value is -2.15. The summed E-state index contributed by atoms with van der Waals surface area (Å²) in [4.78, 5) is 21.5. The van der Waals surface area contributed by atoms with Crippen LogP contribution in [0.25, 0.3) is 0 Å². The van der Waals surface area contributed by atoms with Crippen LogP contribution in [-0.2, 0) is 4.79 Å². The molecule has 2 atom stereocenters. The van der Waals surface area contributed by atoms with Gasteiger partial charge in [-0.15, -0.1) is 0 Å². The number of hydrogen-bond donors (Lipinski definition) is 2. The first-order chi connectivity index (χ1) is 14.5. The number of aliphatic imine (C=N–C) groups is 1. The standard InChI is InChI=1S/C23H36FN5O/c1-4-25-23(26-15-21(28(2)3)18-10-7-11-19(24)14-18)27-20-12-13-29(16-20)22(30)17-8-5-6-9-17/h7,10-11,14,17,20-21H,4-6,8-9,12-13,15-16H2,1-3H3,(H2,25,26,27). The highest BCUT2D eigenvalue weighted by Gasteiger charge is 2.32. The predicted octanol–water partition coefficient (Wildman–Crippen LogP) is 2.77. The maximum atomic E-state index is 13.7. The van der Waals surface area contributed by atoms with Crippen LogP contribution in [0.1, 0.15) is 50.6 Å². The Balaban J connectivity index is 1.60. The van der Waals surface area contributed by atoms with E-state index in [2.05, 4.69) is 15.5 Å². The van der Waals surface area contributed by atoms with Crippen LogP contribution in [0.2, 0.25) is 0 Å². The lowest BCUT2D eigenvalue weighted by molar-refractivity contribution is -0.134. The highest BCUT2D eigenvalue weighted by molar-refractivity contribution is 5.81. The van der Waals surface area contributed by atoms with Crippen LogP contribution in [0.15, 0.2) is 29.3 Å². The zero-order valence-electron chi connectivity index (χ0n) is 18.5. The molecule has 2 aliphatic rings. The Morgan fingerprint density at radius 3 is 2.73 bits per heavy atom. The van der Waals surface area contributed by atoms with E-state index in [-0.39, 0.29) is 23.8 Å². The third-order valence-corrected chi connectivity index (χ3v) is 6.17. The normalized spacial score (nSPS) is 21.3. The van der Waals surface area contributed by atoms with Gasteiger partial charge in [0, 0.05) is 31.6 Å². The van der Waals surface area contributed by atoms with Gasteiger partial charge in [-0.05, 0) is 58.0 Å². The van der Waals surface area contributed by atoms with E-state index >= 15 is 0 Å². The van der Waals surface area contributed by atoms with E-state index in [9.17, 15) is 9.18 Å². The molecule has 1 aromatic carbocycles. The number of halogens is 1. The number of amides is 1. The van der Waals surface area contributed by atoms with Crippen LogP contribution in [0.5, 0.6) is 0 Å². The SMILES string of the molecule is CCNC(=NCC(c1cccc(F)c1)N(C)C)NC1CCN(C(=O)C2CCCC2)C1. The number of carbonyl (C=O) groups is 1. The van der Waals surface area contributed by atoms with Crippen molar-refractivity contribution in [3.05, 3.63) is 35.6 Å². The molecule has 1 aromatic rings. The molecule has 0 spiro atoms. The van der Waals surface area contributed by atoms with Crippen molar-refractivity contribution in [3.63, 3.8) is 0 Å². The second-order valence-corrected chi connectivity index (χ2v) is 8.65. The zero-order valence-corrected chi connectivity index (χ0v) is 18.5. The van der Waals surface area contributed by atoms with Crippen molar-refractivity contribution in [2.24, 2.45) is 10.9 Å². The van der Waals surface area contributed by atoms with Gasteiger partial charge in [0.15, 0.2) is 5.96 Å². The Bertz CT molecular complexity index is 732. The van der Waals surface area contributed by atoms with Crippen molar-refractivity contribution >= 4 is 11.9 Å². The van der Waals surface area contributed by atoms with Crippen molar-refractivity contribution in [2.75, 3.05) is 40.3 Å². The number of likely N-dealkylation sites (N-methyl/N-ethyl adjacent to an activating group) is 1. The van der Waals surface area contributed by atoms with Crippen molar-refractivity contribution in [1.29, 1.82) is 0 Å². The van der Waals surface area contributed by atoms with Gasteiger partial charge in [0.2, 0.25) is 5.91 Å². The summed E-state index contributed by atoms with van der Waals surface area (Å²) in [6.07, 6.45) is 5.39. The largest absolute Gasteiger partial charge is 0.357 e. The molecule has 3 rings (SSSR count). The molecule has 30 heavy (non-hydrogen) atoms. The fraction of sp³-hybridized carbons (Fsp3) is 0.652. The molecule has 6 nitrogen and oxygen atoms in total. The zero-order chi connectivity index (χ0) is 21.5. The van der Waals surface area contributed by atoms with Crippen LogP contribution >= 0.6 is 0 Å². The predicted molar refractivity (Wildman–Crippen MR) is 119 cm³/mol. The second kappa shape index (κ2) is 10.8. The lowest BCUT2D eigenvalue weighted by Gasteiger charge is -2.24. The molecule has 1 aliphatic heterocycles. The molecule has 2 N–H and O–H groups in total. The molecule has 1 saturated heterocycles. The van der Waals surface area contributed by atoms with Gasteiger partial charge in [0.25, 0.3) is 0 Å². The van der Waals surface area contributed by atoms with Gasteiger partial charge in [0.1, 0.15) is 5.82 Å². The number of hydrogen-bond acceptors (Lipinski definition) is 3. The lowest BCUT2D eigenvalue weighted by atomic mass is 10.1. The van der Waals surface area contributed by atoms with E-state index in [1.54, 1.807) is 12.1 Å². The monoisotopic (exact) mass is 417 g/mol. The summed E-state index contributed by atoms with van der Waals surface area (Å²) in [6.45, 7) is 4.87. The van der Waals surface area contributed by atoms with Gasteiger partial charge in [-0.1, -0.05) is 25.0 Å². The topological polar surface area (TPSA) is 60.0 Å². The van der Waals surface area contributed by atoms with Gasteiger partial charge in [-0.2, -0.15) is 0 Å². The summed E-state index contributed by atoms with van der Waals surface area (Å²) in [5.74, 6) is 1.09. The average molecular weight is 418 g/mol. The summed E-state index contributed by atoms with van der Waals surface area (Å²) in [6, 6.07) is 6.91. The number of rotatable bonds is 7. The molecular weight excluding hydrogens is 381 g/mol. The Morgan fingerprint density at radius 1 is 1.30 bits per heavy atom. The third kappa shape index (κ3) is 5.94. The molecule has 2 fully saturated rings. The Kier molecular flexibility index (Phi) is 8.08. The molecule has 2 unspecified atom stereocenters. The minimum absolute atomic E-state index is 0.0137. The lowest BCUT2D eigenvalue weighted by Crippen LogP contribution is -2.45. The molecule has 1 amide bonds. The first-order valence-electron chi connectivity index (χ1n) is 11.2. The van der Waals surface area contributed by atoms with E-state index in [1.807, 2.05) is 32.0 Å². The molecule has 1 heterocycles. The van der Waals surface area contributed by atoms with Crippen molar-refractivity contribution in [2.45, 2.75) is 51.1 Å². The van der Waals surface area contributed by atoms with E-state index < -0.39 is 0 Å². The van der Waals surface area contributed by atoms with E-state index in [0.717, 1.165) is 50.4 Å². The molecule has 0 aromatic heterocycles. The van der Waals surface area contributed by atoms with E-state index in [1.165, 1.54) is 18.9 Å². The van der Waals surface area contributed by atoms with Crippen LogP contribution in [0.4, 0.5) is 4.39 Å². The van der Waals surface area contributed by atoms with Gasteiger partial charge >= 0.3 is 0 Å². The molecule has 1 saturated carbocycles. The fourth-order valence-electron chi connectivity index (χ4n) is 4.48. The van der Waals surface area contributed by atoms with Gasteiger partial charge in [0.05, 0.1) is 12.6 Å². The summed E-state index contributed by atoms with van der Waals surface area (Å²) >= 11 is 0. The number of guanidine groups is 1. The van der Waals surface area contributed by atoms with Crippen LogP contribution in [0.3, 0.4) is 0 Å². The van der Waals surface area contributed by atoms with Gasteiger partial charge in [-0.25, -0.2) is 4.39 Å². The fourth-order valence-corrected chi connectivity index (χ4v) is 4.48. The van der Waals surface area contributed by atoms with Crippen LogP contribution in [-0.4, -0.2) is 68.0 Å². The summed E-state index contributed by atoms with van der Waals surface area (Å²) in [5, 5.41) is 6.81. The number of nitrogens with zero attached hydrogens (tertiary/aromatic N) is 3. The summed E-state index contributed by atoms with van der Waals surface area (Å²) in [7, 11) is 3.96. The van der Waals surface area contributed by atoms with Gasteiger partial charge in [-0.3, -0.25) is 9.79 Å². The quantitative estimate of drug-likeness (QED) is 0.529. The first kappa shape index (κ1) is 22.5. The van der Waals surface area contributed by atoms with Crippen molar-refractivity contribution < 1.29 is 9.18 Å². The molecular formula is C23H36FN5O. The van der Waals surface area contributed by atoms with Gasteiger partial charge < -0.3 is 20.4 Å². The first-order valence-corrected chi connectivity index (χ1v) is 11.2. The highest BCUT2D eigenvalue weighted by Crippen LogP contribution is 2.28. The maximum Gasteiger partial charge on any atom is 0.225 e. The third-order valence-electron chi connectivity index (χ3n) is 6.17. The maximum absolute atomic E-state index is 13.7. The Morgan fingerprint density at radius 2 is 2.07 bits per heavy atom. The highest BCUT2D eigenvalue weighted by atomic mass is 19.1. The molecule has 0 bridgehead atoms. The van der Waals surface area contributed by atoms with Crippen LogP contribution < -0.4 is 10.6 Å². The van der Waals surface area contributed by atoms with Crippen molar-refractivity contribution in [3.8, 4) is 0 Å². The number of nitrogens with one attached hydrogen (secondary N) is 2. The van der Waals surface area contributed by atoms with E-state index in [4.69, 9.17) is 4.99 Å². The number of likely N-dealkylation sites (tertiary alicyclic amines) is 1. The van der Waals surface area contributed by atoms with Crippen molar-refractivity contribution in [1.82, 2.24) is 20.4 Å². The molecule has 7 heteroatoms. The molecule has 1 aliphatic carbocycles. The number of benzene rings is 1. The number of carbonyl (C=O) groups excluding carboxylic acids is 1. The van der Waals surface area contributed by atoms with Crippen LogP contribution in [0, 0.1) is 11.7 Å². The second-order valence-electron chi connectivity index (χ2n) is 8.65. The minimum Gasteiger partial charge on any atom is -0.357 e. The molecule has 0 radical (unpaired) electrons. The summed E-state index contributed by atoms with van der Waals surface area (Å²) in [5.41, 5.74) is 0.911. The summed E-state index contributed by atoms with van der Waals surface area (Å²) < 4.78 is 13.7.